The second-order valence-electron chi connectivity index (χ2n) is 3.66. The topological polar surface area (TPSA) is 48.1 Å². The highest BCUT2D eigenvalue weighted by atomic mass is 19.1. The molecule has 4 heteroatoms. The van der Waals surface area contributed by atoms with E-state index in [1.165, 1.54) is 6.07 Å². The van der Waals surface area contributed by atoms with E-state index in [9.17, 15) is 4.39 Å². The van der Waals surface area contributed by atoms with Gasteiger partial charge in [-0.15, -0.1) is 0 Å². The third kappa shape index (κ3) is 2.60. The second-order valence-corrected chi connectivity index (χ2v) is 3.66. The highest BCUT2D eigenvalue weighted by molar-refractivity contribution is 5.38. The first-order valence-corrected chi connectivity index (χ1v) is 5.28. The van der Waals surface area contributed by atoms with E-state index in [-0.39, 0.29) is 12.4 Å². The summed E-state index contributed by atoms with van der Waals surface area (Å²) in [7, 11) is 0. The van der Waals surface area contributed by atoms with Crippen molar-refractivity contribution in [2.24, 2.45) is 5.73 Å². The molecule has 3 nitrogen and oxygen atoms in total. The van der Waals surface area contributed by atoms with Gasteiger partial charge in [0, 0.05) is 30.1 Å². The van der Waals surface area contributed by atoms with Crippen LogP contribution in [0.15, 0.2) is 36.5 Å². The molecule has 17 heavy (non-hydrogen) atoms. The minimum Gasteiger partial charge on any atom is -0.457 e. The number of benzene rings is 1. The van der Waals surface area contributed by atoms with Gasteiger partial charge in [0.1, 0.15) is 17.3 Å². The van der Waals surface area contributed by atoms with E-state index in [4.69, 9.17) is 10.5 Å². The van der Waals surface area contributed by atoms with Gasteiger partial charge in [-0.1, -0.05) is 6.07 Å². The predicted octanol–water partition coefficient (Wildman–Crippen LogP) is 2.78. The van der Waals surface area contributed by atoms with Gasteiger partial charge in [0.05, 0.1) is 0 Å². The number of pyridine rings is 1. The summed E-state index contributed by atoms with van der Waals surface area (Å²) in [4.78, 5) is 4.06. The standard InChI is InChI=1S/C13H13FN2O/c1-9-7-10(5-6-16-9)17-13-4-2-3-12(14)11(13)8-15/h2-7H,8,15H2,1H3. The van der Waals surface area contributed by atoms with E-state index in [1.807, 2.05) is 6.92 Å². The molecule has 0 saturated heterocycles. The third-order valence-corrected chi connectivity index (χ3v) is 2.38. The summed E-state index contributed by atoms with van der Waals surface area (Å²) >= 11 is 0. The molecule has 2 rings (SSSR count). The minimum absolute atomic E-state index is 0.103. The van der Waals surface area contributed by atoms with Gasteiger partial charge in [0.25, 0.3) is 0 Å². The molecule has 0 saturated carbocycles. The van der Waals surface area contributed by atoms with Gasteiger partial charge in [0.2, 0.25) is 0 Å². The number of hydrogen-bond donors (Lipinski definition) is 1. The summed E-state index contributed by atoms with van der Waals surface area (Å²) in [5, 5.41) is 0. The average Bonchev–Trinajstić information content (AvgIpc) is 2.29. The lowest BCUT2D eigenvalue weighted by molar-refractivity contribution is 0.466. The predicted molar refractivity (Wildman–Crippen MR) is 63.3 cm³/mol. The number of halogens is 1. The Morgan fingerprint density at radius 2 is 2.18 bits per heavy atom. The van der Waals surface area contributed by atoms with E-state index >= 15 is 0 Å². The van der Waals surface area contributed by atoms with Crippen LogP contribution in [-0.4, -0.2) is 4.98 Å². The van der Waals surface area contributed by atoms with E-state index in [2.05, 4.69) is 4.98 Å². The smallest absolute Gasteiger partial charge is 0.134 e. The summed E-state index contributed by atoms with van der Waals surface area (Å²) < 4.78 is 19.1. The average molecular weight is 232 g/mol. The van der Waals surface area contributed by atoms with Crippen molar-refractivity contribution < 1.29 is 9.13 Å². The normalized spacial score (nSPS) is 10.3. The Morgan fingerprint density at radius 1 is 1.35 bits per heavy atom. The highest BCUT2D eigenvalue weighted by Crippen LogP contribution is 2.26. The monoisotopic (exact) mass is 232 g/mol. The molecule has 0 amide bonds. The summed E-state index contributed by atoms with van der Waals surface area (Å²) in [6, 6.07) is 8.16. The minimum atomic E-state index is -0.351. The Labute approximate surface area is 99.1 Å². The van der Waals surface area contributed by atoms with E-state index in [0.29, 0.717) is 17.1 Å². The van der Waals surface area contributed by atoms with Crippen molar-refractivity contribution in [2.75, 3.05) is 0 Å². The fourth-order valence-electron chi connectivity index (χ4n) is 1.54. The van der Waals surface area contributed by atoms with Crippen molar-refractivity contribution in [1.82, 2.24) is 4.98 Å². The molecule has 2 N–H and O–H groups in total. The van der Waals surface area contributed by atoms with Crippen LogP contribution in [-0.2, 0) is 6.54 Å². The summed E-state index contributed by atoms with van der Waals surface area (Å²) in [5.41, 5.74) is 6.72. The molecule has 88 valence electrons. The van der Waals surface area contributed by atoms with Gasteiger partial charge in [0.15, 0.2) is 0 Å². The van der Waals surface area contributed by atoms with Crippen LogP contribution in [0.2, 0.25) is 0 Å². The molecule has 0 aliphatic rings. The Bertz CT molecular complexity index is 529. The van der Waals surface area contributed by atoms with Crippen molar-refractivity contribution in [3.63, 3.8) is 0 Å². The molecule has 0 unspecified atom stereocenters. The largest absolute Gasteiger partial charge is 0.457 e. The first-order valence-electron chi connectivity index (χ1n) is 5.28. The van der Waals surface area contributed by atoms with E-state index in [1.54, 1.807) is 30.5 Å². The van der Waals surface area contributed by atoms with E-state index < -0.39 is 0 Å². The zero-order valence-corrected chi connectivity index (χ0v) is 9.48. The molecule has 1 aromatic carbocycles. The molecule has 2 aromatic rings. The molecule has 0 fully saturated rings. The number of ether oxygens (including phenoxy) is 1. The van der Waals surface area contributed by atoms with Crippen LogP contribution in [0.4, 0.5) is 4.39 Å². The second kappa shape index (κ2) is 4.93. The number of aromatic nitrogens is 1. The van der Waals surface area contributed by atoms with Crippen LogP contribution < -0.4 is 10.5 Å². The zero-order valence-electron chi connectivity index (χ0n) is 9.48. The van der Waals surface area contributed by atoms with Gasteiger partial charge in [-0.25, -0.2) is 4.39 Å². The molecule has 0 atom stereocenters. The third-order valence-electron chi connectivity index (χ3n) is 2.38. The number of nitrogens with two attached hydrogens (primary N) is 1. The summed E-state index contributed by atoms with van der Waals surface area (Å²) in [6.07, 6.45) is 1.64. The highest BCUT2D eigenvalue weighted by Gasteiger charge is 2.08. The summed E-state index contributed by atoms with van der Waals surface area (Å²) in [5.74, 6) is 0.715. The first kappa shape index (κ1) is 11.5. The van der Waals surface area contributed by atoms with Crippen LogP contribution in [0.5, 0.6) is 11.5 Å². The molecule has 0 bridgehead atoms. The molecule has 0 aliphatic carbocycles. The van der Waals surface area contributed by atoms with Gasteiger partial charge in [-0.05, 0) is 25.1 Å². The van der Waals surface area contributed by atoms with Gasteiger partial charge >= 0.3 is 0 Å². The number of nitrogens with zero attached hydrogens (tertiary/aromatic N) is 1. The summed E-state index contributed by atoms with van der Waals surface area (Å²) in [6.45, 7) is 1.97. The quantitative estimate of drug-likeness (QED) is 0.885. The van der Waals surface area contributed by atoms with Crippen molar-refractivity contribution in [2.45, 2.75) is 13.5 Å². The Hall–Kier alpha value is -1.94. The molecule has 0 spiro atoms. The maximum atomic E-state index is 13.5. The van der Waals surface area contributed by atoms with Crippen molar-refractivity contribution >= 4 is 0 Å². The lowest BCUT2D eigenvalue weighted by Gasteiger charge is -2.10. The number of aryl methyl sites for hydroxylation is 1. The molecule has 0 radical (unpaired) electrons. The number of rotatable bonds is 3. The molecule has 1 heterocycles. The maximum absolute atomic E-state index is 13.5. The van der Waals surface area contributed by atoms with Gasteiger partial charge < -0.3 is 10.5 Å². The van der Waals surface area contributed by atoms with Crippen LogP contribution in [0.25, 0.3) is 0 Å². The SMILES string of the molecule is Cc1cc(Oc2cccc(F)c2CN)ccn1. The van der Waals surface area contributed by atoms with E-state index in [0.717, 1.165) is 5.69 Å². The fourth-order valence-corrected chi connectivity index (χ4v) is 1.54. The van der Waals surface area contributed by atoms with Crippen LogP contribution >= 0.6 is 0 Å². The molecule has 1 aromatic heterocycles. The van der Waals surface area contributed by atoms with Crippen LogP contribution in [0, 0.1) is 12.7 Å². The molecular formula is C13H13FN2O. The lowest BCUT2D eigenvalue weighted by Crippen LogP contribution is -2.02. The Morgan fingerprint density at radius 3 is 2.88 bits per heavy atom. The van der Waals surface area contributed by atoms with Crippen molar-refractivity contribution in [1.29, 1.82) is 0 Å². The van der Waals surface area contributed by atoms with Crippen molar-refractivity contribution in [3.05, 3.63) is 53.6 Å². The first-order chi connectivity index (χ1) is 8.20. The Kier molecular flexibility index (Phi) is 3.35. The van der Waals surface area contributed by atoms with Crippen molar-refractivity contribution in [3.8, 4) is 11.5 Å². The van der Waals surface area contributed by atoms with Gasteiger partial charge in [-0.3, -0.25) is 4.98 Å². The van der Waals surface area contributed by atoms with Crippen LogP contribution in [0.1, 0.15) is 11.3 Å². The number of hydrogen-bond acceptors (Lipinski definition) is 3. The Balaban J connectivity index is 2.33. The lowest BCUT2D eigenvalue weighted by atomic mass is 10.2. The van der Waals surface area contributed by atoms with Crippen LogP contribution in [0.3, 0.4) is 0 Å². The van der Waals surface area contributed by atoms with Gasteiger partial charge in [-0.2, -0.15) is 0 Å². The zero-order chi connectivity index (χ0) is 12.3. The molecule has 0 aliphatic heterocycles. The fraction of sp³-hybridized carbons (Fsp3) is 0.154. The molecular weight excluding hydrogens is 219 g/mol. The maximum Gasteiger partial charge on any atom is 0.134 e.